The first-order valence-corrected chi connectivity index (χ1v) is 7.58. The lowest BCUT2D eigenvalue weighted by Crippen LogP contribution is -2.41. The lowest BCUT2D eigenvalue weighted by molar-refractivity contribution is -0.384. The van der Waals surface area contributed by atoms with Crippen molar-refractivity contribution in [3.05, 3.63) is 31.6 Å². The van der Waals surface area contributed by atoms with Gasteiger partial charge in [0.15, 0.2) is 0 Å². The number of carbonyl (C=O) groups is 1. The van der Waals surface area contributed by atoms with Crippen LogP contribution in [0.3, 0.4) is 0 Å². The van der Waals surface area contributed by atoms with E-state index < -0.39 is 16.8 Å². The molecule has 0 radical (unpaired) electrons. The predicted molar refractivity (Wildman–Crippen MR) is 86.8 cm³/mol. The summed E-state index contributed by atoms with van der Waals surface area (Å²) in [4.78, 5) is 24.2. The predicted octanol–water partition coefficient (Wildman–Crippen LogP) is 3.01. The molecule has 1 aromatic carbocycles. The van der Waals surface area contributed by atoms with Crippen LogP contribution in [0.2, 0.25) is 0 Å². The molecule has 1 N–H and O–H groups in total. The van der Waals surface area contributed by atoms with Gasteiger partial charge in [-0.2, -0.15) is 0 Å². The average Bonchev–Trinajstić information content (AvgIpc) is 2.43. The first-order valence-electron chi connectivity index (χ1n) is 6.50. The van der Waals surface area contributed by atoms with Crippen molar-refractivity contribution in [2.24, 2.45) is 0 Å². The maximum absolute atomic E-state index is 13.6. The monoisotopic (exact) mass is 409 g/mol. The fourth-order valence-corrected chi connectivity index (χ4v) is 2.36. The van der Waals surface area contributed by atoms with Crippen molar-refractivity contribution in [1.29, 1.82) is 0 Å². The molecular weight excluding hydrogens is 392 g/mol. The topological polar surface area (TPSA) is 75.5 Å². The van der Waals surface area contributed by atoms with Crippen LogP contribution in [0.4, 0.5) is 15.8 Å². The first-order chi connectivity index (χ1) is 9.81. The second-order valence-electron chi connectivity index (χ2n) is 4.42. The van der Waals surface area contributed by atoms with Crippen LogP contribution in [0.5, 0.6) is 0 Å². The zero-order valence-electron chi connectivity index (χ0n) is 12.0. The molecule has 21 heavy (non-hydrogen) atoms. The van der Waals surface area contributed by atoms with Gasteiger partial charge in [-0.05, 0) is 43.4 Å². The molecule has 1 atom stereocenters. The van der Waals surface area contributed by atoms with E-state index in [0.29, 0.717) is 13.1 Å². The van der Waals surface area contributed by atoms with E-state index in [9.17, 15) is 19.3 Å². The van der Waals surface area contributed by atoms with Crippen LogP contribution in [-0.4, -0.2) is 34.9 Å². The third kappa shape index (κ3) is 4.26. The van der Waals surface area contributed by atoms with Crippen molar-refractivity contribution < 1.29 is 14.1 Å². The van der Waals surface area contributed by atoms with Crippen molar-refractivity contribution >= 4 is 39.9 Å². The Morgan fingerprint density at radius 3 is 2.52 bits per heavy atom. The number of nitrogens with zero attached hydrogens (tertiary/aromatic N) is 2. The van der Waals surface area contributed by atoms with E-state index in [1.165, 1.54) is 0 Å². The molecule has 1 amide bonds. The summed E-state index contributed by atoms with van der Waals surface area (Å²) in [7, 11) is 0. The normalized spacial score (nSPS) is 11.9. The number of hydrogen-bond acceptors (Lipinski definition) is 4. The number of rotatable bonds is 6. The number of nitro groups is 1. The Morgan fingerprint density at radius 1 is 1.48 bits per heavy atom. The second kappa shape index (κ2) is 7.53. The molecule has 0 heterocycles. The van der Waals surface area contributed by atoms with E-state index in [0.717, 1.165) is 12.1 Å². The minimum atomic E-state index is -0.678. The highest BCUT2D eigenvalue weighted by molar-refractivity contribution is 14.1. The summed E-state index contributed by atoms with van der Waals surface area (Å²) in [5.74, 6) is -0.751. The largest absolute Gasteiger partial charge is 0.368 e. The highest BCUT2D eigenvalue weighted by Crippen LogP contribution is 2.29. The third-order valence-corrected chi connectivity index (χ3v) is 3.88. The van der Waals surface area contributed by atoms with Gasteiger partial charge in [-0.15, -0.1) is 0 Å². The molecule has 116 valence electrons. The number of nitrogens with one attached hydrogen (secondary N) is 1. The van der Waals surface area contributed by atoms with E-state index in [-0.39, 0.29) is 20.9 Å². The molecule has 1 aromatic rings. The molecule has 0 fully saturated rings. The molecular formula is C13H17FIN3O3. The molecule has 0 aliphatic carbocycles. The number of likely N-dealkylation sites (N-methyl/N-ethyl adjacent to an activating group) is 1. The molecule has 0 saturated heterocycles. The Bertz CT molecular complexity index is 550. The summed E-state index contributed by atoms with van der Waals surface area (Å²) in [5, 5.41) is 13.8. The van der Waals surface area contributed by atoms with Crippen LogP contribution in [0, 0.1) is 19.5 Å². The fourth-order valence-electron chi connectivity index (χ4n) is 1.91. The van der Waals surface area contributed by atoms with Gasteiger partial charge in [0, 0.05) is 25.2 Å². The minimum Gasteiger partial charge on any atom is -0.368 e. The average molecular weight is 409 g/mol. The van der Waals surface area contributed by atoms with E-state index >= 15 is 0 Å². The number of benzene rings is 1. The van der Waals surface area contributed by atoms with Crippen LogP contribution >= 0.6 is 22.6 Å². The Hall–Kier alpha value is -1.45. The van der Waals surface area contributed by atoms with E-state index in [4.69, 9.17) is 0 Å². The number of anilines is 1. The summed E-state index contributed by atoms with van der Waals surface area (Å²) in [6.45, 7) is 6.39. The standard InChI is InChI=1S/C13H17FIN3O3/c1-4-17(5-2)13(19)8(3)16-11-6-9(14)10(15)7-12(11)18(20)21/h6-8,16H,4-5H2,1-3H3. The van der Waals surface area contributed by atoms with Gasteiger partial charge in [0.25, 0.3) is 5.69 Å². The number of hydrogen-bond donors (Lipinski definition) is 1. The van der Waals surface area contributed by atoms with Gasteiger partial charge in [0.1, 0.15) is 17.5 Å². The summed E-state index contributed by atoms with van der Waals surface area (Å²) in [5.41, 5.74) is -0.245. The van der Waals surface area contributed by atoms with Gasteiger partial charge in [-0.25, -0.2) is 4.39 Å². The van der Waals surface area contributed by atoms with E-state index in [1.807, 2.05) is 13.8 Å². The van der Waals surface area contributed by atoms with Gasteiger partial charge in [0.2, 0.25) is 5.91 Å². The molecule has 0 saturated carbocycles. The van der Waals surface area contributed by atoms with Gasteiger partial charge >= 0.3 is 0 Å². The fraction of sp³-hybridized carbons (Fsp3) is 0.462. The first kappa shape index (κ1) is 17.6. The second-order valence-corrected chi connectivity index (χ2v) is 5.58. The lowest BCUT2D eigenvalue weighted by atomic mass is 10.2. The Labute approximate surface area is 136 Å². The van der Waals surface area contributed by atoms with Crippen LogP contribution < -0.4 is 5.32 Å². The van der Waals surface area contributed by atoms with Crippen LogP contribution in [-0.2, 0) is 4.79 Å². The van der Waals surface area contributed by atoms with Crippen molar-refractivity contribution in [2.45, 2.75) is 26.8 Å². The molecule has 1 unspecified atom stereocenters. The molecule has 0 aromatic heterocycles. The zero-order chi connectivity index (χ0) is 16.2. The van der Waals surface area contributed by atoms with Crippen LogP contribution in [0.25, 0.3) is 0 Å². The molecule has 6 nitrogen and oxygen atoms in total. The number of amides is 1. The van der Waals surface area contributed by atoms with Crippen molar-refractivity contribution in [1.82, 2.24) is 4.90 Å². The molecule has 0 bridgehead atoms. The van der Waals surface area contributed by atoms with E-state index in [2.05, 4.69) is 5.32 Å². The highest BCUT2D eigenvalue weighted by atomic mass is 127. The summed E-state index contributed by atoms with van der Waals surface area (Å²) < 4.78 is 13.8. The summed E-state index contributed by atoms with van der Waals surface area (Å²) in [6, 6.07) is 1.52. The zero-order valence-corrected chi connectivity index (χ0v) is 14.2. The van der Waals surface area contributed by atoms with Gasteiger partial charge in [-0.1, -0.05) is 0 Å². The Kier molecular flexibility index (Phi) is 6.31. The maximum Gasteiger partial charge on any atom is 0.293 e. The van der Waals surface area contributed by atoms with Crippen LogP contribution in [0.1, 0.15) is 20.8 Å². The lowest BCUT2D eigenvalue weighted by Gasteiger charge is -2.24. The molecule has 0 aliphatic heterocycles. The Balaban J connectivity index is 3.04. The van der Waals surface area contributed by atoms with Gasteiger partial charge < -0.3 is 10.2 Å². The van der Waals surface area contributed by atoms with Gasteiger partial charge in [0.05, 0.1) is 8.49 Å². The molecule has 0 aliphatic rings. The van der Waals surface area contributed by atoms with Crippen molar-refractivity contribution in [3.63, 3.8) is 0 Å². The highest BCUT2D eigenvalue weighted by Gasteiger charge is 2.23. The Morgan fingerprint density at radius 2 is 2.05 bits per heavy atom. The smallest absolute Gasteiger partial charge is 0.293 e. The molecule has 8 heteroatoms. The van der Waals surface area contributed by atoms with Crippen molar-refractivity contribution in [3.8, 4) is 0 Å². The van der Waals surface area contributed by atoms with Gasteiger partial charge in [-0.3, -0.25) is 14.9 Å². The molecule has 0 spiro atoms. The summed E-state index contributed by atoms with van der Waals surface area (Å²) >= 11 is 1.69. The number of nitro benzene ring substituents is 1. The maximum atomic E-state index is 13.6. The summed E-state index contributed by atoms with van der Waals surface area (Å²) in [6.07, 6.45) is 0. The van der Waals surface area contributed by atoms with Crippen molar-refractivity contribution in [2.75, 3.05) is 18.4 Å². The van der Waals surface area contributed by atoms with Crippen LogP contribution in [0.15, 0.2) is 12.1 Å². The SMILES string of the molecule is CCN(CC)C(=O)C(C)Nc1cc(F)c(I)cc1[N+](=O)[O-]. The van der Waals surface area contributed by atoms with E-state index in [1.54, 1.807) is 34.4 Å². The molecule has 1 rings (SSSR count). The minimum absolute atomic E-state index is 0.00548. The number of halogens is 2. The third-order valence-electron chi connectivity index (χ3n) is 3.05. The number of carbonyl (C=O) groups excluding carboxylic acids is 1. The quantitative estimate of drug-likeness (QED) is 0.445.